The van der Waals surface area contributed by atoms with Gasteiger partial charge in [-0.3, -0.25) is 4.90 Å². The van der Waals surface area contributed by atoms with Crippen molar-refractivity contribution in [3.05, 3.63) is 21.3 Å². The summed E-state index contributed by atoms with van der Waals surface area (Å²) in [4.78, 5) is 3.90. The zero-order chi connectivity index (χ0) is 12.5. The topological polar surface area (TPSA) is 23.5 Å². The largest absolute Gasteiger partial charge is 0.393 e. The maximum Gasteiger partial charge on any atom is 0.0931 e. The Bertz CT molecular complexity index is 408. The van der Waals surface area contributed by atoms with Crippen molar-refractivity contribution in [2.24, 2.45) is 5.92 Å². The zero-order valence-corrected chi connectivity index (χ0v) is 12.1. The van der Waals surface area contributed by atoms with Crippen molar-refractivity contribution in [3.63, 3.8) is 0 Å². The van der Waals surface area contributed by atoms with E-state index in [1.807, 2.05) is 6.07 Å². The van der Waals surface area contributed by atoms with Gasteiger partial charge < -0.3 is 5.11 Å². The lowest BCUT2D eigenvalue weighted by atomic mass is 9.94. The van der Waals surface area contributed by atoms with E-state index in [0.717, 1.165) is 17.3 Å². The lowest BCUT2D eigenvalue weighted by Crippen LogP contribution is -2.38. The van der Waals surface area contributed by atoms with Gasteiger partial charge in [0.05, 0.1) is 10.4 Å². The van der Waals surface area contributed by atoms with Crippen LogP contribution < -0.4 is 0 Å². The summed E-state index contributed by atoms with van der Waals surface area (Å²) < 4.78 is 0.877. The van der Waals surface area contributed by atoms with Gasteiger partial charge in [0, 0.05) is 23.4 Å². The molecule has 2 fully saturated rings. The number of rotatable bonds is 3. The fraction of sp³-hybridized carbons (Fsp3) is 0.714. The van der Waals surface area contributed by atoms with Crippen molar-refractivity contribution in [2.45, 2.75) is 50.8 Å². The van der Waals surface area contributed by atoms with Gasteiger partial charge in [-0.1, -0.05) is 18.0 Å². The quantitative estimate of drug-likeness (QED) is 0.918. The lowest BCUT2D eigenvalue weighted by Gasteiger charge is -2.30. The highest BCUT2D eigenvalue weighted by Gasteiger charge is 2.38. The van der Waals surface area contributed by atoms with E-state index >= 15 is 0 Å². The number of halogens is 1. The monoisotopic (exact) mass is 285 g/mol. The smallest absolute Gasteiger partial charge is 0.0931 e. The fourth-order valence-electron chi connectivity index (χ4n) is 3.59. The summed E-state index contributed by atoms with van der Waals surface area (Å²) in [5, 5.41) is 10.1. The third-order valence-electron chi connectivity index (χ3n) is 4.43. The van der Waals surface area contributed by atoms with Crippen LogP contribution in [0.4, 0.5) is 0 Å². The average Bonchev–Trinajstić information content (AvgIpc) is 3.02. The van der Waals surface area contributed by atoms with Crippen LogP contribution in [0.15, 0.2) is 12.1 Å². The van der Waals surface area contributed by atoms with Gasteiger partial charge in [-0.2, -0.15) is 0 Å². The molecule has 2 heterocycles. The number of hydrogen-bond acceptors (Lipinski definition) is 3. The molecule has 3 unspecified atom stereocenters. The lowest BCUT2D eigenvalue weighted by molar-refractivity contribution is 0.0722. The van der Waals surface area contributed by atoms with E-state index in [-0.39, 0.29) is 6.10 Å². The molecule has 0 radical (unpaired) electrons. The van der Waals surface area contributed by atoms with E-state index in [2.05, 4.69) is 11.0 Å². The van der Waals surface area contributed by atoms with Gasteiger partial charge in [0.25, 0.3) is 0 Å². The van der Waals surface area contributed by atoms with Crippen LogP contribution in [0, 0.1) is 5.92 Å². The summed E-state index contributed by atoms with van der Waals surface area (Å²) in [6.45, 7) is 2.18. The summed E-state index contributed by atoms with van der Waals surface area (Å²) >= 11 is 7.67. The molecule has 0 amide bonds. The highest BCUT2D eigenvalue weighted by Crippen LogP contribution is 2.37. The first-order chi connectivity index (χ1) is 8.74. The summed E-state index contributed by atoms with van der Waals surface area (Å²) in [6.07, 6.45) is 5.85. The molecule has 2 nitrogen and oxygen atoms in total. The van der Waals surface area contributed by atoms with E-state index in [4.69, 9.17) is 11.6 Å². The fourth-order valence-corrected chi connectivity index (χ4v) is 4.70. The highest BCUT2D eigenvalue weighted by atomic mass is 35.5. The van der Waals surface area contributed by atoms with E-state index in [1.165, 1.54) is 37.1 Å². The van der Waals surface area contributed by atoms with Crippen LogP contribution in [0.3, 0.4) is 0 Å². The molecule has 0 aromatic carbocycles. The second kappa shape index (κ2) is 5.49. The number of nitrogens with zero attached hydrogens (tertiary/aromatic N) is 1. The van der Waals surface area contributed by atoms with Crippen LogP contribution in [0.5, 0.6) is 0 Å². The molecule has 1 aromatic rings. The van der Waals surface area contributed by atoms with E-state index in [1.54, 1.807) is 11.3 Å². The SMILES string of the molecule is OC1CCCC1C1CCCN1Cc1ccc(Cl)s1. The van der Waals surface area contributed by atoms with Crippen LogP contribution >= 0.6 is 22.9 Å². The summed E-state index contributed by atoms with van der Waals surface area (Å²) in [7, 11) is 0. The van der Waals surface area contributed by atoms with Gasteiger partial charge in [-0.25, -0.2) is 0 Å². The van der Waals surface area contributed by atoms with Crippen LogP contribution in [-0.4, -0.2) is 28.7 Å². The Morgan fingerprint density at radius 2 is 2.17 bits per heavy atom. The van der Waals surface area contributed by atoms with Gasteiger partial charge in [0.2, 0.25) is 0 Å². The molecule has 1 N–H and O–H groups in total. The molecule has 2 aliphatic rings. The van der Waals surface area contributed by atoms with Crippen LogP contribution in [0.25, 0.3) is 0 Å². The van der Waals surface area contributed by atoms with E-state index in [0.29, 0.717) is 12.0 Å². The van der Waals surface area contributed by atoms with Gasteiger partial charge in [-0.15, -0.1) is 11.3 Å². The molecule has 1 saturated heterocycles. The van der Waals surface area contributed by atoms with E-state index in [9.17, 15) is 5.11 Å². The normalized spacial score (nSPS) is 33.3. The average molecular weight is 286 g/mol. The molecule has 100 valence electrons. The van der Waals surface area contributed by atoms with Gasteiger partial charge >= 0.3 is 0 Å². The standard InChI is InChI=1S/C14H20ClNOS/c15-14-7-6-10(18-14)9-16-8-2-4-12(16)11-3-1-5-13(11)17/h6-7,11-13,17H,1-5,8-9H2. The van der Waals surface area contributed by atoms with Crippen molar-refractivity contribution in [3.8, 4) is 0 Å². The van der Waals surface area contributed by atoms with Crippen LogP contribution in [0.1, 0.15) is 37.0 Å². The van der Waals surface area contributed by atoms with Crippen molar-refractivity contribution < 1.29 is 5.11 Å². The Hall–Kier alpha value is -0.0900. The predicted molar refractivity (Wildman–Crippen MR) is 76.1 cm³/mol. The van der Waals surface area contributed by atoms with Crippen molar-refractivity contribution in [2.75, 3.05) is 6.54 Å². The minimum absolute atomic E-state index is 0.0671. The zero-order valence-electron chi connectivity index (χ0n) is 10.5. The first-order valence-corrected chi connectivity index (χ1v) is 8.10. The number of aliphatic hydroxyl groups excluding tert-OH is 1. The molecule has 0 bridgehead atoms. The van der Waals surface area contributed by atoms with E-state index < -0.39 is 0 Å². The molecule has 0 spiro atoms. The maximum absolute atomic E-state index is 10.1. The Kier molecular flexibility index (Phi) is 3.94. The molecular weight excluding hydrogens is 266 g/mol. The first-order valence-electron chi connectivity index (χ1n) is 6.90. The molecule has 1 aromatic heterocycles. The molecule has 1 aliphatic heterocycles. The van der Waals surface area contributed by atoms with Crippen LogP contribution in [-0.2, 0) is 6.54 Å². The number of hydrogen-bond donors (Lipinski definition) is 1. The summed E-state index contributed by atoms with van der Waals surface area (Å²) in [5.74, 6) is 0.503. The number of likely N-dealkylation sites (tertiary alicyclic amines) is 1. The molecular formula is C14H20ClNOS. The Labute approximate surface area is 118 Å². The molecule has 3 rings (SSSR count). The maximum atomic E-state index is 10.1. The molecule has 18 heavy (non-hydrogen) atoms. The Morgan fingerprint density at radius 1 is 1.28 bits per heavy atom. The van der Waals surface area contributed by atoms with Crippen molar-refractivity contribution >= 4 is 22.9 Å². The molecule has 1 aliphatic carbocycles. The van der Waals surface area contributed by atoms with Crippen LogP contribution in [0.2, 0.25) is 4.34 Å². The third-order valence-corrected chi connectivity index (χ3v) is 5.64. The number of thiophene rings is 1. The van der Waals surface area contributed by atoms with Gasteiger partial charge in [0.1, 0.15) is 0 Å². The van der Waals surface area contributed by atoms with Crippen molar-refractivity contribution in [1.82, 2.24) is 4.90 Å². The summed E-state index contributed by atoms with van der Waals surface area (Å²) in [6, 6.07) is 4.70. The van der Waals surface area contributed by atoms with Crippen molar-refractivity contribution in [1.29, 1.82) is 0 Å². The molecule has 3 atom stereocenters. The predicted octanol–water partition coefficient (Wildman–Crippen LogP) is 3.53. The second-order valence-electron chi connectivity index (χ2n) is 5.55. The number of aliphatic hydroxyl groups is 1. The minimum atomic E-state index is -0.0671. The minimum Gasteiger partial charge on any atom is -0.393 e. The molecule has 4 heteroatoms. The second-order valence-corrected chi connectivity index (χ2v) is 7.35. The van der Waals surface area contributed by atoms with Gasteiger partial charge in [0.15, 0.2) is 0 Å². The summed E-state index contributed by atoms with van der Waals surface area (Å²) in [5.41, 5.74) is 0. The van der Waals surface area contributed by atoms with Gasteiger partial charge in [-0.05, 0) is 44.4 Å². The highest BCUT2D eigenvalue weighted by molar-refractivity contribution is 7.16. The molecule has 1 saturated carbocycles. The third kappa shape index (κ3) is 2.60. The Balaban J connectivity index is 1.67. The Morgan fingerprint density at radius 3 is 2.83 bits per heavy atom. The first kappa shape index (κ1) is 12.9.